The van der Waals surface area contributed by atoms with Crippen LogP contribution in [-0.4, -0.2) is 6.29 Å². The normalized spacial score (nSPS) is 9.44. The van der Waals surface area contributed by atoms with Gasteiger partial charge in [0.25, 0.3) is 0 Å². The largest absolute Gasteiger partial charge is 0.466 e. The van der Waals surface area contributed by atoms with Crippen molar-refractivity contribution in [3.05, 3.63) is 23.7 Å². The predicted octanol–water partition coefficient (Wildman–Crippen LogP) is 1.21. The van der Waals surface area contributed by atoms with E-state index < -0.39 is 6.67 Å². The lowest BCUT2D eigenvalue weighted by atomic mass is 10.3. The Morgan fingerprint density at radius 1 is 1.78 bits per heavy atom. The zero-order valence-corrected chi connectivity index (χ0v) is 4.56. The smallest absolute Gasteiger partial charge is 0.237 e. The van der Waals surface area contributed by atoms with Crippen molar-refractivity contribution in [3.63, 3.8) is 0 Å². The zero-order valence-electron chi connectivity index (χ0n) is 4.56. The van der Waals surface area contributed by atoms with Gasteiger partial charge in [0.05, 0.1) is 11.8 Å². The highest BCUT2D eigenvalue weighted by Gasteiger charge is 2.03. The fourth-order valence-electron chi connectivity index (χ4n) is 0.535. The SMILES string of the molecule is O=[C]c1ccoc1CF. The van der Waals surface area contributed by atoms with Gasteiger partial charge >= 0.3 is 0 Å². The summed E-state index contributed by atoms with van der Waals surface area (Å²) < 4.78 is 16.3. The lowest BCUT2D eigenvalue weighted by Gasteiger charge is -1.82. The molecule has 0 spiro atoms. The summed E-state index contributed by atoms with van der Waals surface area (Å²) in [5.41, 5.74) is 0.164. The molecule has 0 bridgehead atoms. The molecule has 1 radical (unpaired) electrons. The number of hydrogen-bond acceptors (Lipinski definition) is 2. The standard InChI is InChI=1S/C6H4FO2/c7-3-6-5(4-8)1-2-9-6/h1-2H,3H2. The Kier molecular flexibility index (Phi) is 1.63. The minimum atomic E-state index is -0.752. The van der Waals surface area contributed by atoms with E-state index in [-0.39, 0.29) is 11.3 Å². The molecule has 0 aromatic carbocycles. The summed E-state index contributed by atoms with van der Waals surface area (Å²) in [5.74, 6) is 0.0463. The van der Waals surface area contributed by atoms with Gasteiger partial charge in [0, 0.05) is 0 Å². The van der Waals surface area contributed by atoms with Crippen molar-refractivity contribution in [1.29, 1.82) is 0 Å². The van der Waals surface area contributed by atoms with Crippen molar-refractivity contribution in [2.24, 2.45) is 0 Å². The van der Waals surface area contributed by atoms with Gasteiger partial charge in [-0.2, -0.15) is 0 Å². The molecule has 1 aromatic rings. The quantitative estimate of drug-likeness (QED) is 0.597. The van der Waals surface area contributed by atoms with Crippen LogP contribution in [0.25, 0.3) is 0 Å². The van der Waals surface area contributed by atoms with Crippen LogP contribution in [0.2, 0.25) is 0 Å². The third-order valence-electron chi connectivity index (χ3n) is 0.977. The first-order chi connectivity index (χ1) is 4.38. The van der Waals surface area contributed by atoms with Crippen molar-refractivity contribution in [2.75, 3.05) is 0 Å². The van der Waals surface area contributed by atoms with Gasteiger partial charge in [-0.1, -0.05) is 0 Å². The number of carbonyl (C=O) groups excluding carboxylic acids is 1. The Morgan fingerprint density at radius 3 is 3.00 bits per heavy atom. The first-order valence-electron chi connectivity index (χ1n) is 2.39. The average Bonchev–Trinajstić information content (AvgIpc) is 2.33. The highest BCUT2D eigenvalue weighted by Crippen LogP contribution is 2.08. The van der Waals surface area contributed by atoms with Crippen LogP contribution in [0.15, 0.2) is 16.7 Å². The van der Waals surface area contributed by atoms with Gasteiger partial charge in [-0.25, -0.2) is 4.39 Å². The molecule has 0 N–H and O–H groups in total. The number of halogens is 1. The average molecular weight is 127 g/mol. The van der Waals surface area contributed by atoms with Gasteiger partial charge in [0.15, 0.2) is 0 Å². The fourth-order valence-corrected chi connectivity index (χ4v) is 0.535. The summed E-state index contributed by atoms with van der Waals surface area (Å²) in [6.45, 7) is -0.752. The lowest BCUT2D eigenvalue weighted by molar-refractivity contribution is 0.392. The van der Waals surface area contributed by atoms with E-state index in [1.54, 1.807) is 6.29 Å². The van der Waals surface area contributed by atoms with Crippen LogP contribution >= 0.6 is 0 Å². The molecule has 0 aliphatic rings. The number of hydrogen-bond donors (Lipinski definition) is 0. The van der Waals surface area contributed by atoms with Crippen LogP contribution in [0.5, 0.6) is 0 Å². The molecule has 47 valence electrons. The molecular weight excluding hydrogens is 123 g/mol. The molecule has 1 rings (SSSR count). The van der Waals surface area contributed by atoms with Crippen LogP contribution in [0, 0.1) is 0 Å². The van der Waals surface area contributed by atoms with Crippen LogP contribution in [0.3, 0.4) is 0 Å². The second-order valence-electron chi connectivity index (χ2n) is 1.49. The molecule has 0 unspecified atom stereocenters. The molecule has 9 heavy (non-hydrogen) atoms. The Labute approximate surface area is 51.3 Å². The molecule has 3 heteroatoms. The van der Waals surface area contributed by atoms with Crippen LogP contribution in [0.1, 0.15) is 11.3 Å². The van der Waals surface area contributed by atoms with Gasteiger partial charge in [-0.3, -0.25) is 4.79 Å². The van der Waals surface area contributed by atoms with E-state index >= 15 is 0 Å². The molecule has 0 aliphatic heterocycles. The second kappa shape index (κ2) is 2.44. The van der Waals surface area contributed by atoms with E-state index in [0.717, 1.165) is 0 Å². The molecule has 0 saturated heterocycles. The Hall–Kier alpha value is -1.12. The van der Waals surface area contributed by atoms with Crippen molar-refractivity contribution in [3.8, 4) is 0 Å². The van der Waals surface area contributed by atoms with Crippen molar-refractivity contribution in [2.45, 2.75) is 6.67 Å². The van der Waals surface area contributed by atoms with Crippen molar-refractivity contribution >= 4 is 6.29 Å². The molecule has 0 amide bonds. The van der Waals surface area contributed by atoms with E-state index in [4.69, 9.17) is 0 Å². The summed E-state index contributed by atoms with van der Waals surface area (Å²) in [5, 5.41) is 0. The van der Waals surface area contributed by atoms with Gasteiger partial charge in [0.1, 0.15) is 12.4 Å². The van der Waals surface area contributed by atoms with Gasteiger partial charge in [0.2, 0.25) is 6.29 Å². The first kappa shape index (κ1) is 6.01. The summed E-state index contributed by atoms with van der Waals surface area (Å²) >= 11 is 0. The maximum atomic E-state index is 11.7. The Morgan fingerprint density at radius 2 is 2.56 bits per heavy atom. The topological polar surface area (TPSA) is 30.2 Å². The predicted molar refractivity (Wildman–Crippen MR) is 28.3 cm³/mol. The molecule has 0 aliphatic carbocycles. The van der Waals surface area contributed by atoms with Crippen LogP contribution < -0.4 is 0 Å². The molecule has 2 nitrogen and oxygen atoms in total. The molecule has 1 heterocycles. The third kappa shape index (κ3) is 0.988. The highest BCUT2D eigenvalue weighted by atomic mass is 19.1. The number of furan rings is 1. The zero-order chi connectivity index (χ0) is 6.69. The maximum Gasteiger partial charge on any atom is 0.237 e. The first-order valence-corrected chi connectivity index (χ1v) is 2.39. The molecule has 0 saturated carbocycles. The number of rotatable bonds is 2. The van der Waals surface area contributed by atoms with Crippen LogP contribution in [0.4, 0.5) is 4.39 Å². The Bertz CT molecular complexity index is 205. The monoisotopic (exact) mass is 127 g/mol. The number of alkyl halides is 1. The molecule has 0 fully saturated rings. The van der Waals surface area contributed by atoms with Crippen molar-refractivity contribution < 1.29 is 13.6 Å². The second-order valence-corrected chi connectivity index (χ2v) is 1.49. The molecule has 0 atom stereocenters. The van der Waals surface area contributed by atoms with E-state index in [9.17, 15) is 9.18 Å². The highest BCUT2D eigenvalue weighted by molar-refractivity contribution is 5.76. The summed E-state index contributed by atoms with van der Waals surface area (Å²) in [4.78, 5) is 9.90. The maximum absolute atomic E-state index is 11.7. The van der Waals surface area contributed by atoms with Crippen molar-refractivity contribution in [1.82, 2.24) is 0 Å². The van der Waals surface area contributed by atoms with E-state index in [1.807, 2.05) is 0 Å². The van der Waals surface area contributed by atoms with Crippen LogP contribution in [-0.2, 0) is 11.5 Å². The summed E-state index contributed by atoms with van der Waals surface area (Å²) in [6.07, 6.45) is 2.80. The van der Waals surface area contributed by atoms with E-state index in [1.165, 1.54) is 12.3 Å². The van der Waals surface area contributed by atoms with E-state index in [0.29, 0.717) is 0 Å². The summed E-state index contributed by atoms with van der Waals surface area (Å²) in [7, 11) is 0. The van der Waals surface area contributed by atoms with Gasteiger partial charge in [-0.05, 0) is 6.07 Å². The fraction of sp³-hybridized carbons (Fsp3) is 0.167. The molecule has 1 aromatic heterocycles. The van der Waals surface area contributed by atoms with E-state index in [2.05, 4.69) is 4.42 Å². The van der Waals surface area contributed by atoms with Gasteiger partial charge in [-0.15, -0.1) is 0 Å². The summed E-state index contributed by atoms with van der Waals surface area (Å²) in [6, 6.07) is 1.38. The minimum Gasteiger partial charge on any atom is -0.466 e. The lowest BCUT2D eigenvalue weighted by Crippen LogP contribution is -1.81. The third-order valence-corrected chi connectivity index (χ3v) is 0.977. The Balaban J connectivity index is 2.98. The minimum absolute atomic E-state index is 0.0463. The van der Waals surface area contributed by atoms with Gasteiger partial charge < -0.3 is 4.42 Å². The molecular formula is C6H4FO2.